The first-order valence-electron chi connectivity index (χ1n) is 5.67. The van der Waals surface area contributed by atoms with Crippen molar-refractivity contribution in [3.05, 3.63) is 52.5 Å². The van der Waals surface area contributed by atoms with Gasteiger partial charge < -0.3 is 18.9 Å². The van der Waals surface area contributed by atoms with Crippen LogP contribution in [0.1, 0.15) is 11.5 Å². The molecule has 0 radical (unpaired) electrons. The maximum Gasteiger partial charge on any atom is 0.258 e. The zero-order valence-electron chi connectivity index (χ0n) is 10.3. The second kappa shape index (κ2) is 5.90. The van der Waals surface area contributed by atoms with Gasteiger partial charge in [-0.3, -0.25) is 9.59 Å². The molecule has 0 aliphatic heterocycles. The van der Waals surface area contributed by atoms with E-state index in [0.717, 1.165) is 0 Å². The van der Waals surface area contributed by atoms with Crippen molar-refractivity contribution in [2.24, 2.45) is 0 Å². The van der Waals surface area contributed by atoms with Crippen LogP contribution in [0.4, 0.5) is 0 Å². The SMILES string of the molecule is Cc1occc(=O)c1OCC(=O)NCc1ccco1. The quantitative estimate of drug-likeness (QED) is 0.877. The molecule has 1 amide bonds. The summed E-state index contributed by atoms with van der Waals surface area (Å²) in [4.78, 5) is 23.0. The van der Waals surface area contributed by atoms with Gasteiger partial charge in [0.05, 0.1) is 19.1 Å². The highest BCUT2D eigenvalue weighted by molar-refractivity contribution is 5.77. The van der Waals surface area contributed by atoms with Crippen LogP contribution in [0.3, 0.4) is 0 Å². The normalized spacial score (nSPS) is 10.2. The van der Waals surface area contributed by atoms with Gasteiger partial charge in [0.25, 0.3) is 5.91 Å². The van der Waals surface area contributed by atoms with Crippen molar-refractivity contribution < 1.29 is 18.4 Å². The predicted octanol–water partition coefficient (Wildman–Crippen LogP) is 1.24. The van der Waals surface area contributed by atoms with Crippen molar-refractivity contribution in [2.45, 2.75) is 13.5 Å². The summed E-state index contributed by atoms with van der Waals surface area (Å²) < 4.78 is 15.2. The third kappa shape index (κ3) is 3.48. The molecule has 2 aromatic rings. The first kappa shape index (κ1) is 12.9. The van der Waals surface area contributed by atoms with Crippen molar-refractivity contribution in [2.75, 3.05) is 6.61 Å². The molecule has 6 heteroatoms. The molecule has 1 N–H and O–H groups in total. The molecule has 2 aromatic heterocycles. The molecule has 2 rings (SSSR count). The van der Waals surface area contributed by atoms with Crippen molar-refractivity contribution >= 4 is 5.91 Å². The van der Waals surface area contributed by atoms with E-state index in [-0.39, 0.29) is 30.2 Å². The fourth-order valence-electron chi connectivity index (χ4n) is 1.46. The molecule has 0 atom stereocenters. The number of furan rings is 1. The summed E-state index contributed by atoms with van der Waals surface area (Å²) >= 11 is 0. The Morgan fingerprint density at radius 2 is 2.16 bits per heavy atom. The highest BCUT2D eigenvalue weighted by Gasteiger charge is 2.09. The second-order valence-corrected chi connectivity index (χ2v) is 3.81. The standard InChI is InChI=1S/C13H13NO5/c1-9-13(11(15)4-6-17-9)19-8-12(16)14-7-10-3-2-5-18-10/h2-6H,7-8H2,1H3,(H,14,16). The summed E-state index contributed by atoms with van der Waals surface area (Å²) in [7, 11) is 0. The first-order chi connectivity index (χ1) is 9.16. The van der Waals surface area contributed by atoms with Gasteiger partial charge in [0.2, 0.25) is 11.2 Å². The Morgan fingerprint density at radius 1 is 1.32 bits per heavy atom. The molecule has 100 valence electrons. The lowest BCUT2D eigenvalue weighted by Gasteiger charge is -2.07. The third-order valence-corrected chi connectivity index (χ3v) is 2.40. The van der Waals surface area contributed by atoms with Crippen LogP contribution in [0.25, 0.3) is 0 Å². The number of aryl methyl sites for hydroxylation is 1. The van der Waals surface area contributed by atoms with E-state index in [1.165, 1.54) is 18.6 Å². The Morgan fingerprint density at radius 3 is 2.84 bits per heavy atom. The Balaban J connectivity index is 1.85. The lowest BCUT2D eigenvalue weighted by molar-refractivity contribution is -0.123. The molecule has 0 spiro atoms. The van der Waals surface area contributed by atoms with Crippen molar-refractivity contribution in [1.29, 1.82) is 0 Å². The summed E-state index contributed by atoms with van der Waals surface area (Å²) in [6, 6.07) is 4.72. The molecule has 0 aliphatic carbocycles. The summed E-state index contributed by atoms with van der Waals surface area (Å²) in [5.74, 6) is 0.685. The molecule has 19 heavy (non-hydrogen) atoms. The number of rotatable bonds is 5. The Bertz CT molecular complexity index is 600. The zero-order chi connectivity index (χ0) is 13.7. The summed E-state index contributed by atoms with van der Waals surface area (Å²) in [6.45, 7) is 1.62. The summed E-state index contributed by atoms with van der Waals surface area (Å²) in [5, 5.41) is 2.60. The van der Waals surface area contributed by atoms with Crippen LogP contribution in [0, 0.1) is 6.92 Å². The molecule has 0 saturated carbocycles. The van der Waals surface area contributed by atoms with E-state index in [4.69, 9.17) is 13.6 Å². The Hall–Kier alpha value is -2.50. The number of amides is 1. The highest BCUT2D eigenvalue weighted by Crippen LogP contribution is 2.10. The molecule has 0 bridgehead atoms. The maximum atomic E-state index is 11.5. The molecular formula is C13H13NO5. The van der Waals surface area contributed by atoms with Gasteiger partial charge >= 0.3 is 0 Å². The Kier molecular flexibility index (Phi) is 4.02. The predicted molar refractivity (Wildman–Crippen MR) is 65.8 cm³/mol. The number of hydrogen-bond donors (Lipinski definition) is 1. The molecule has 0 unspecified atom stereocenters. The first-order valence-corrected chi connectivity index (χ1v) is 5.67. The van der Waals surface area contributed by atoms with Gasteiger partial charge in [-0.25, -0.2) is 0 Å². The van der Waals surface area contributed by atoms with Gasteiger partial charge in [0.1, 0.15) is 11.5 Å². The maximum absolute atomic E-state index is 11.5. The van der Waals surface area contributed by atoms with Crippen LogP contribution in [0.2, 0.25) is 0 Å². The van der Waals surface area contributed by atoms with E-state index in [1.807, 2.05) is 0 Å². The minimum Gasteiger partial charge on any atom is -0.476 e. The van der Waals surface area contributed by atoms with E-state index >= 15 is 0 Å². The smallest absolute Gasteiger partial charge is 0.258 e. The van der Waals surface area contributed by atoms with Gasteiger partial charge in [-0.1, -0.05) is 0 Å². The van der Waals surface area contributed by atoms with Crippen LogP contribution >= 0.6 is 0 Å². The summed E-state index contributed by atoms with van der Waals surface area (Å²) in [6.07, 6.45) is 2.80. The fourth-order valence-corrected chi connectivity index (χ4v) is 1.46. The number of hydrogen-bond acceptors (Lipinski definition) is 5. The van der Waals surface area contributed by atoms with E-state index in [2.05, 4.69) is 5.32 Å². The number of carbonyl (C=O) groups is 1. The van der Waals surface area contributed by atoms with E-state index in [9.17, 15) is 9.59 Å². The van der Waals surface area contributed by atoms with Crippen molar-refractivity contribution in [3.63, 3.8) is 0 Å². The molecule has 0 saturated heterocycles. The number of ether oxygens (including phenoxy) is 1. The van der Waals surface area contributed by atoms with Gasteiger partial charge in [0.15, 0.2) is 6.61 Å². The zero-order valence-corrected chi connectivity index (χ0v) is 10.3. The monoisotopic (exact) mass is 263 g/mol. The van der Waals surface area contributed by atoms with Crippen LogP contribution in [-0.2, 0) is 11.3 Å². The van der Waals surface area contributed by atoms with Gasteiger partial charge in [-0.15, -0.1) is 0 Å². The minimum atomic E-state index is -0.348. The number of carbonyl (C=O) groups excluding carboxylic acids is 1. The Labute approximate surface area is 109 Å². The molecule has 6 nitrogen and oxygen atoms in total. The second-order valence-electron chi connectivity index (χ2n) is 3.81. The van der Waals surface area contributed by atoms with Gasteiger partial charge in [0, 0.05) is 6.07 Å². The average Bonchev–Trinajstić information content (AvgIpc) is 2.89. The highest BCUT2D eigenvalue weighted by atomic mass is 16.5. The fraction of sp³-hybridized carbons (Fsp3) is 0.231. The van der Waals surface area contributed by atoms with Crippen LogP contribution < -0.4 is 15.5 Å². The largest absolute Gasteiger partial charge is 0.476 e. The molecule has 0 fully saturated rings. The average molecular weight is 263 g/mol. The van der Waals surface area contributed by atoms with Crippen molar-refractivity contribution in [3.8, 4) is 5.75 Å². The van der Waals surface area contributed by atoms with E-state index in [1.54, 1.807) is 19.1 Å². The van der Waals surface area contributed by atoms with Crippen LogP contribution in [-0.4, -0.2) is 12.5 Å². The number of nitrogens with one attached hydrogen (secondary N) is 1. The lowest BCUT2D eigenvalue weighted by atomic mass is 10.4. The van der Waals surface area contributed by atoms with E-state index < -0.39 is 0 Å². The lowest BCUT2D eigenvalue weighted by Crippen LogP contribution is -2.29. The van der Waals surface area contributed by atoms with Crippen molar-refractivity contribution in [1.82, 2.24) is 5.32 Å². The van der Waals surface area contributed by atoms with Crippen LogP contribution in [0.5, 0.6) is 5.75 Å². The topological polar surface area (TPSA) is 81.7 Å². The van der Waals surface area contributed by atoms with Gasteiger partial charge in [-0.05, 0) is 19.1 Å². The minimum absolute atomic E-state index is 0.0515. The summed E-state index contributed by atoms with van der Waals surface area (Å²) in [5.41, 5.74) is -0.317. The molecule has 2 heterocycles. The van der Waals surface area contributed by atoms with Crippen LogP contribution in [0.15, 0.2) is 44.4 Å². The molecule has 0 aliphatic rings. The van der Waals surface area contributed by atoms with Gasteiger partial charge in [-0.2, -0.15) is 0 Å². The molecule has 0 aromatic carbocycles. The molecular weight excluding hydrogens is 250 g/mol. The third-order valence-electron chi connectivity index (χ3n) is 2.40. The van der Waals surface area contributed by atoms with E-state index in [0.29, 0.717) is 11.5 Å².